The van der Waals surface area contributed by atoms with Gasteiger partial charge in [0.2, 0.25) is 0 Å². The molecule has 0 heterocycles. The van der Waals surface area contributed by atoms with Crippen molar-refractivity contribution in [1.82, 2.24) is 4.90 Å². The monoisotopic (exact) mass is 264 g/mol. The molecule has 0 amide bonds. The van der Waals surface area contributed by atoms with Crippen molar-refractivity contribution in [3.05, 3.63) is 64.7 Å². The summed E-state index contributed by atoms with van der Waals surface area (Å²) >= 11 is 0. The van der Waals surface area contributed by atoms with E-state index in [0.29, 0.717) is 0 Å². The van der Waals surface area contributed by atoms with Gasteiger partial charge in [0.05, 0.1) is 0 Å². The van der Waals surface area contributed by atoms with Crippen molar-refractivity contribution < 1.29 is 0 Å². The van der Waals surface area contributed by atoms with E-state index in [0.717, 1.165) is 28.9 Å². The molecule has 0 aromatic heterocycles. The maximum absolute atomic E-state index is 5.88. The van der Waals surface area contributed by atoms with E-state index in [-0.39, 0.29) is 0 Å². The van der Waals surface area contributed by atoms with E-state index in [4.69, 9.17) is 5.73 Å². The summed E-state index contributed by atoms with van der Waals surface area (Å²) in [4.78, 5) is 2.15. The minimum atomic E-state index is 0.790. The molecule has 0 aliphatic carbocycles. The summed E-state index contributed by atoms with van der Waals surface area (Å²) in [5.41, 5.74) is 11.0. The first-order valence-corrected chi connectivity index (χ1v) is 6.66. The summed E-state index contributed by atoms with van der Waals surface area (Å²) < 4.78 is 0. The largest absolute Gasteiger partial charge is 0.398 e. The SMILES string of the molecule is Cc1ccc(C#Cc2ccc(CN(C)C)cc2)cc1N. The summed E-state index contributed by atoms with van der Waals surface area (Å²) in [6.45, 7) is 2.94. The van der Waals surface area contributed by atoms with Crippen LogP contribution >= 0.6 is 0 Å². The highest BCUT2D eigenvalue weighted by Gasteiger charge is 1.96. The number of hydrogen-bond acceptors (Lipinski definition) is 2. The van der Waals surface area contributed by atoms with E-state index in [1.165, 1.54) is 5.56 Å². The Kier molecular flexibility index (Phi) is 4.45. The molecule has 20 heavy (non-hydrogen) atoms. The fourth-order valence-corrected chi connectivity index (χ4v) is 1.92. The molecule has 0 bridgehead atoms. The van der Waals surface area contributed by atoms with E-state index < -0.39 is 0 Å². The third-order valence-corrected chi connectivity index (χ3v) is 3.08. The molecule has 0 fully saturated rings. The quantitative estimate of drug-likeness (QED) is 0.667. The summed E-state index contributed by atoms with van der Waals surface area (Å²) in [6.07, 6.45) is 0. The van der Waals surface area contributed by atoms with Crippen LogP contribution in [0.15, 0.2) is 42.5 Å². The van der Waals surface area contributed by atoms with Gasteiger partial charge in [-0.15, -0.1) is 0 Å². The number of benzene rings is 2. The zero-order valence-corrected chi connectivity index (χ0v) is 12.3. The topological polar surface area (TPSA) is 29.3 Å². The number of rotatable bonds is 2. The van der Waals surface area contributed by atoms with Gasteiger partial charge in [0.1, 0.15) is 0 Å². The number of nitrogens with two attached hydrogens (primary N) is 1. The van der Waals surface area contributed by atoms with Crippen LogP contribution in [0.2, 0.25) is 0 Å². The highest BCUT2D eigenvalue weighted by molar-refractivity contribution is 5.54. The zero-order valence-electron chi connectivity index (χ0n) is 12.3. The molecule has 0 saturated carbocycles. The summed E-state index contributed by atoms with van der Waals surface area (Å²) in [7, 11) is 4.13. The van der Waals surface area contributed by atoms with E-state index in [2.05, 4.69) is 55.1 Å². The summed E-state index contributed by atoms with van der Waals surface area (Å²) in [5.74, 6) is 6.32. The summed E-state index contributed by atoms with van der Waals surface area (Å²) in [5, 5.41) is 0. The first-order valence-electron chi connectivity index (χ1n) is 6.66. The Balaban J connectivity index is 2.14. The fraction of sp³-hybridized carbons (Fsp3) is 0.222. The van der Waals surface area contributed by atoms with Crippen molar-refractivity contribution >= 4 is 5.69 Å². The van der Waals surface area contributed by atoms with E-state index in [1.807, 2.05) is 25.1 Å². The first-order chi connectivity index (χ1) is 9.54. The highest BCUT2D eigenvalue weighted by atomic mass is 15.0. The molecule has 2 nitrogen and oxygen atoms in total. The second-order valence-electron chi connectivity index (χ2n) is 5.26. The molecule has 2 aromatic rings. The van der Waals surface area contributed by atoms with Crippen LogP contribution in [0.4, 0.5) is 5.69 Å². The molecular formula is C18H20N2. The highest BCUT2D eigenvalue weighted by Crippen LogP contribution is 2.12. The van der Waals surface area contributed by atoms with Gasteiger partial charge in [-0.3, -0.25) is 0 Å². The second-order valence-corrected chi connectivity index (χ2v) is 5.26. The standard InChI is InChI=1S/C18H20N2/c1-14-4-5-16(12-18(14)19)9-6-15-7-10-17(11-8-15)13-20(2)3/h4-5,7-8,10-12H,13,19H2,1-3H3. The number of aryl methyl sites for hydroxylation is 1. The third kappa shape index (κ3) is 3.88. The van der Waals surface area contributed by atoms with Crippen LogP contribution in [0.25, 0.3) is 0 Å². The van der Waals surface area contributed by atoms with Crippen LogP contribution in [-0.4, -0.2) is 19.0 Å². The Morgan fingerprint density at radius 2 is 1.55 bits per heavy atom. The van der Waals surface area contributed by atoms with Crippen molar-refractivity contribution in [1.29, 1.82) is 0 Å². The lowest BCUT2D eigenvalue weighted by molar-refractivity contribution is 0.402. The van der Waals surface area contributed by atoms with Crippen LogP contribution in [0.1, 0.15) is 22.3 Å². The van der Waals surface area contributed by atoms with Crippen LogP contribution in [0, 0.1) is 18.8 Å². The fourth-order valence-electron chi connectivity index (χ4n) is 1.92. The molecule has 0 spiro atoms. The molecule has 2 aromatic carbocycles. The third-order valence-electron chi connectivity index (χ3n) is 3.08. The van der Waals surface area contributed by atoms with Crippen LogP contribution in [-0.2, 0) is 6.54 Å². The lowest BCUT2D eigenvalue weighted by atomic mass is 10.1. The summed E-state index contributed by atoms with van der Waals surface area (Å²) in [6, 6.07) is 14.3. The molecule has 102 valence electrons. The van der Waals surface area contributed by atoms with Gasteiger partial charge in [-0.2, -0.15) is 0 Å². The normalized spacial score (nSPS) is 10.2. The van der Waals surface area contributed by atoms with Gasteiger partial charge in [0.15, 0.2) is 0 Å². The van der Waals surface area contributed by atoms with E-state index in [1.54, 1.807) is 0 Å². The second kappa shape index (κ2) is 6.27. The van der Waals surface area contributed by atoms with Gasteiger partial charge in [-0.1, -0.05) is 30.0 Å². The van der Waals surface area contributed by atoms with Crippen molar-refractivity contribution in [3.8, 4) is 11.8 Å². The minimum absolute atomic E-state index is 0.790. The Morgan fingerprint density at radius 3 is 2.15 bits per heavy atom. The molecule has 0 unspecified atom stereocenters. The molecule has 0 saturated heterocycles. The first kappa shape index (κ1) is 14.2. The van der Waals surface area contributed by atoms with Gasteiger partial charge in [0.25, 0.3) is 0 Å². The molecule has 0 aliphatic heterocycles. The Hall–Kier alpha value is -2.24. The van der Waals surface area contributed by atoms with Crippen molar-refractivity contribution in [3.63, 3.8) is 0 Å². The number of nitrogen functional groups attached to an aromatic ring is 1. The minimum Gasteiger partial charge on any atom is -0.398 e. The van der Waals surface area contributed by atoms with Crippen molar-refractivity contribution in [2.75, 3.05) is 19.8 Å². The molecule has 0 radical (unpaired) electrons. The zero-order chi connectivity index (χ0) is 14.5. The van der Waals surface area contributed by atoms with Gasteiger partial charge in [-0.05, 0) is 56.4 Å². The van der Waals surface area contributed by atoms with Crippen molar-refractivity contribution in [2.45, 2.75) is 13.5 Å². The van der Waals surface area contributed by atoms with Crippen LogP contribution < -0.4 is 5.73 Å². The molecule has 0 atom stereocenters. The van der Waals surface area contributed by atoms with Gasteiger partial charge in [0, 0.05) is 23.4 Å². The van der Waals surface area contributed by atoms with Crippen molar-refractivity contribution in [2.24, 2.45) is 0 Å². The van der Waals surface area contributed by atoms with Gasteiger partial charge in [-0.25, -0.2) is 0 Å². The molecule has 2 rings (SSSR count). The smallest absolute Gasteiger partial charge is 0.0356 e. The Morgan fingerprint density at radius 1 is 0.950 bits per heavy atom. The average Bonchev–Trinajstić information content (AvgIpc) is 2.41. The number of anilines is 1. The molecule has 2 heteroatoms. The lowest BCUT2D eigenvalue weighted by Gasteiger charge is -2.08. The number of hydrogen-bond donors (Lipinski definition) is 1. The predicted molar refractivity (Wildman–Crippen MR) is 85.4 cm³/mol. The van der Waals surface area contributed by atoms with Crippen LogP contribution in [0.5, 0.6) is 0 Å². The van der Waals surface area contributed by atoms with Gasteiger partial charge < -0.3 is 10.6 Å². The maximum atomic E-state index is 5.88. The Labute approximate surface area is 121 Å². The molecule has 0 aliphatic rings. The van der Waals surface area contributed by atoms with Crippen LogP contribution in [0.3, 0.4) is 0 Å². The maximum Gasteiger partial charge on any atom is 0.0356 e. The van der Waals surface area contributed by atoms with E-state index in [9.17, 15) is 0 Å². The molecular weight excluding hydrogens is 244 g/mol. The Bertz CT molecular complexity index is 643. The lowest BCUT2D eigenvalue weighted by Crippen LogP contribution is -2.10. The number of nitrogens with zero attached hydrogens (tertiary/aromatic N) is 1. The average molecular weight is 264 g/mol. The predicted octanol–water partition coefficient (Wildman–Crippen LogP) is 3.04. The van der Waals surface area contributed by atoms with E-state index >= 15 is 0 Å². The molecule has 2 N–H and O–H groups in total. The van der Waals surface area contributed by atoms with Gasteiger partial charge >= 0.3 is 0 Å².